The van der Waals surface area contributed by atoms with E-state index >= 15 is 0 Å². The van der Waals surface area contributed by atoms with E-state index < -0.39 is 0 Å². The van der Waals surface area contributed by atoms with Crippen LogP contribution in [0.4, 0.5) is 5.82 Å². The number of hydrogen-bond acceptors (Lipinski definition) is 5. The summed E-state index contributed by atoms with van der Waals surface area (Å²) in [5.74, 6) is 2.42. The Morgan fingerprint density at radius 3 is 2.55 bits per heavy atom. The van der Waals surface area contributed by atoms with Crippen molar-refractivity contribution in [2.45, 2.75) is 33.2 Å². The molecule has 0 unspecified atom stereocenters. The van der Waals surface area contributed by atoms with E-state index in [4.69, 9.17) is 0 Å². The van der Waals surface area contributed by atoms with Gasteiger partial charge in [0.15, 0.2) is 0 Å². The normalized spacial score (nSPS) is 24.1. The van der Waals surface area contributed by atoms with Crippen molar-refractivity contribution < 1.29 is 0 Å². The Morgan fingerprint density at radius 2 is 1.86 bits per heavy atom. The van der Waals surface area contributed by atoms with Gasteiger partial charge < -0.3 is 10.2 Å². The van der Waals surface area contributed by atoms with E-state index in [1.54, 1.807) is 0 Å². The number of rotatable bonds is 5. The molecule has 2 aromatic heterocycles. The Morgan fingerprint density at radius 1 is 1.07 bits per heavy atom. The molecule has 6 heteroatoms. The molecular weight excluding hydrogens is 360 g/mol. The van der Waals surface area contributed by atoms with Gasteiger partial charge in [0.2, 0.25) is 0 Å². The molecule has 29 heavy (non-hydrogen) atoms. The lowest BCUT2D eigenvalue weighted by atomic mass is 9.92. The van der Waals surface area contributed by atoms with Crippen molar-refractivity contribution in [3.63, 3.8) is 0 Å². The summed E-state index contributed by atoms with van der Waals surface area (Å²) in [7, 11) is 1.94. The zero-order valence-electron chi connectivity index (χ0n) is 17.8. The summed E-state index contributed by atoms with van der Waals surface area (Å²) in [6.07, 6.45) is 3.29. The minimum Gasteiger partial charge on any atom is -0.365 e. The summed E-state index contributed by atoms with van der Waals surface area (Å²) in [4.78, 5) is 2.63. The third-order valence-corrected chi connectivity index (χ3v) is 6.34. The molecule has 1 saturated heterocycles. The summed E-state index contributed by atoms with van der Waals surface area (Å²) in [5.41, 5.74) is 3.39. The molecule has 0 amide bonds. The molecule has 6 nitrogen and oxygen atoms in total. The first-order valence-electron chi connectivity index (χ1n) is 10.6. The molecule has 5 rings (SSSR count). The SMILES string of the molecule is Cn1cc2cc(-c3ccc(NC4[C@@H]5CN(CCC(C)(C)C)C[C@@H]45)nn3)ccc2n1. The third-order valence-electron chi connectivity index (χ3n) is 6.34. The molecule has 2 aliphatic rings. The highest BCUT2D eigenvalue weighted by Crippen LogP contribution is 2.47. The minimum absolute atomic E-state index is 0.420. The molecule has 3 aromatic rings. The number of nitrogens with zero attached hydrogens (tertiary/aromatic N) is 5. The van der Waals surface area contributed by atoms with Crippen molar-refractivity contribution in [2.75, 3.05) is 25.0 Å². The summed E-state index contributed by atoms with van der Waals surface area (Å²) < 4.78 is 1.84. The Labute approximate surface area is 172 Å². The van der Waals surface area contributed by atoms with Crippen molar-refractivity contribution >= 4 is 16.7 Å². The van der Waals surface area contributed by atoms with E-state index in [9.17, 15) is 0 Å². The fourth-order valence-corrected chi connectivity index (χ4v) is 4.55. The number of anilines is 1. The molecule has 1 N–H and O–H groups in total. The van der Waals surface area contributed by atoms with Gasteiger partial charge >= 0.3 is 0 Å². The van der Waals surface area contributed by atoms with Crippen LogP contribution in [-0.4, -0.2) is 50.6 Å². The molecule has 2 fully saturated rings. The number of aromatic nitrogens is 4. The zero-order valence-corrected chi connectivity index (χ0v) is 17.8. The monoisotopic (exact) mass is 390 g/mol. The first-order valence-corrected chi connectivity index (χ1v) is 10.6. The average Bonchev–Trinajstić information content (AvgIpc) is 3.02. The van der Waals surface area contributed by atoms with Crippen molar-refractivity contribution in [1.29, 1.82) is 0 Å². The highest BCUT2D eigenvalue weighted by Gasteiger charge is 2.55. The lowest BCUT2D eigenvalue weighted by molar-refractivity contribution is 0.245. The topological polar surface area (TPSA) is 58.9 Å². The van der Waals surface area contributed by atoms with Gasteiger partial charge in [-0.05, 0) is 54.5 Å². The molecule has 1 saturated carbocycles. The second-order valence-electron chi connectivity index (χ2n) is 9.95. The van der Waals surface area contributed by atoms with Crippen LogP contribution >= 0.6 is 0 Å². The number of piperidine rings is 1. The van der Waals surface area contributed by atoms with Crippen molar-refractivity contribution in [1.82, 2.24) is 24.9 Å². The second-order valence-corrected chi connectivity index (χ2v) is 9.95. The van der Waals surface area contributed by atoms with Gasteiger partial charge in [-0.1, -0.05) is 26.8 Å². The number of benzene rings is 1. The Hall–Kier alpha value is -2.47. The van der Waals surface area contributed by atoms with Crippen molar-refractivity contribution in [3.8, 4) is 11.3 Å². The first kappa shape index (κ1) is 18.6. The van der Waals surface area contributed by atoms with Gasteiger partial charge in [-0.25, -0.2) is 0 Å². The van der Waals surface area contributed by atoms with E-state index in [0.29, 0.717) is 11.5 Å². The van der Waals surface area contributed by atoms with Gasteiger partial charge in [-0.3, -0.25) is 4.68 Å². The number of fused-ring (bicyclic) bond motifs is 2. The number of hydrogen-bond donors (Lipinski definition) is 1. The molecule has 3 heterocycles. The lowest BCUT2D eigenvalue weighted by Crippen LogP contribution is -2.30. The number of aryl methyl sites for hydroxylation is 1. The molecule has 0 bridgehead atoms. The maximum atomic E-state index is 4.46. The quantitative estimate of drug-likeness (QED) is 0.718. The maximum absolute atomic E-state index is 4.46. The molecule has 0 radical (unpaired) electrons. The summed E-state index contributed by atoms with van der Waals surface area (Å²) >= 11 is 0. The fraction of sp³-hybridized carbons (Fsp3) is 0.522. The third kappa shape index (κ3) is 3.86. The smallest absolute Gasteiger partial charge is 0.148 e. The molecule has 1 aromatic carbocycles. The molecule has 1 aliphatic heterocycles. The summed E-state index contributed by atoms with van der Waals surface area (Å²) in [5, 5.41) is 18.1. The average molecular weight is 391 g/mol. The van der Waals surface area contributed by atoms with Crippen LogP contribution in [0.25, 0.3) is 22.2 Å². The molecule has 2 atom stereocenters. The van der Waals surface area contributed by atoms with Crippen LogP contribution in [0.5, 0.6) is 0 Å². The Bertz CT molecular complexity index is 1000. The van der Waals surface area contributed by atoms with Crippen LogP contribution in [0.3, 0.4) is 0 Å². The van der Waals surface area contributed by atoms with E-state index in [0.717, 1.165) is 39.8 Å². The maximum Gasteiger partial charge on any atom is 0.148 e. The number of nitrogens with one attached hydrogen (secondary N) is 1. The summed E-state index contributed by atoms with van der Waals surface area (Å²) in [6, 6.07) is 10.9. The van der Waals surface area contributed by atoms with Crippen LogP contribution < -0.4 is 5.32 Å². The van der Waals surface area contributed by atoms with E-state index in [1.165, 1.54) is 26.1 Å². The largest absolute Gasteiger partial charge is 0.365 e. The van der Waals surface area contributed by atoms with E-state index in [-0.39, 0.29) is 0 Å². The van der Waals surface area contributed by atoms with Gasteiger partial charge in [-0.15, -0.1) is 10.2 Å². The molecular formula is C23H30N6. The van der Waals surface area contributed by atoms with Gasteiger partial charge in [0.1, 0.15) is 5.82 Å². The molecule has 1 aliphatic carbocycles. The Kier molecular flexibility index (Phi) is 4.35. The zero-order chi connectivity index (χ0) is 20.2. The summed E-state index contributed by atoms with van der Waals surface area (Å²) in [6.45, 7) is 10.6. The van der Waals surface area contributed by atoms with Gasteiger partial charge in [0.25, 0.3) is 0 Å². The van der Waals surface area contributed by atoms with Crippen molar-refractivity contribution in [3.05, 3.63) is 36.5 Å². The first-order chi connectivity index (χ1) is 13.9. The van der Waals surface area contributed by atoms with Crippen LogP contribution in [0, 0.1) is 17.3 Å². The predicted molar refractivity (Wildman–Crippen MR) is 117 cm³/mol. The second kappa shape index (κ2) is 6.80. The predicted octanol–water partition coefficient (Wildman–Crippen LogP) is 3.81. The Balaban J connectivity index is 1.18. The highest BCUT2D eigenvalue weighted by atomic mass is 15.3. The van der Waals surface area contributed by atoms with Crippen LogP contribution in [0.2, 0.25) is 0 Å². The fourth-order valence-electron chi connectivity index (χ4n) is 4.55. The van der Waals surface area contributed by atoms with E-state index in [2.05, 4.69) is 70.5 Å². The lowest BCUT2D eigenvalue weighted by Gasteiger charge is -2.25. The van der Waals surface area contributed by atoms with Crippen LogP contribution in [0.15, 0.2) is 36.5 Å². The van der Waals surface area contributed by atoms with Gasteiger partial charge in [-0.2, -0.15) is 5.10 Å². The van der Waals surface area contributed by atoms with Crippen LogP contribution in [-0.2, 0) is 7.05 Å². The number of likely N-dealkylation sites (tertiary alicyclic amines) is 1. The minimum atomic E-state index is 0.420. The van der Waals surface area contributed by atoms with Crippen LogP contribution in [0.1, 0.15) is 27.2 Å². The van der Waals surface area contributed by atoms with Gasteiger partial charge in [0, 0.05) is 43.3 Å². The standard InChI is InChI=1S/C23H30N6/c1-23(2,3)9-10-29-13-17-18(14-29)22(17)24-21-8-7-19(25-26-21)15-5-6-20-16(11-15)12-28(4)27-20/h5-8,11-12,17-18,22H,9-10,13-14H2,1-4H3,(H,24,26)/t17-,18-/m1/s1. The van der Waals surface area contributed by atoms with Crippen molar-refractivity contribution in [2.24, 2.45) is 24.3 Å². The highest BCUT2D eigenvalue weighted by molar-refractivity contribution is 5.83. The van der Waals surface area contributed by atoms with E-state index in [1.807, 2.05) is 24.0 Å². The molecule has 0 spiro atoms. The molecule has 152 valence electrons. The van der Waals surface area contributed by atoms with Gasteiger partial charge in [0.05, 0.1) is 11.2 Å².